The van der Waals surface area contributed by atoms with Crippen molar-refractivity contribution in [2.24, 2.45) is 0 Å². The number of aromatic nitrogens is 4. The van der Waals surface area contributed by atoms with Crippen molar-refractivity contribution >= 4 is 21.9 Å². The van der Waals surface area contributed by atoms with Crippen LogP contribution >= 0.6 is 15.9 Å². The molecule has 6 nitrogen and oxygen atoms in total. The van der Waals surface area contributed by atoms with Crippen LogP contribution in [0.4, 0.5) is 5.95 Å². The maximum Gasteiger partial charge on any atom is 0.232 e. The fourth-order valence-electron chi connectivity index (χ4n) is 1.45. The molecule has 0 radical (unpaired) electrons. The maximum absolute atomic E-state index is 5.10. The molecule has 0 fully saturated rings. The number of rotatable bonds is 5. The van der Waals surface area contributed by atoms with E-state index in [0.29, 0.717) is 18.4 Å². The first kappa shape index (κ1) is 12.8. The van der Waals surface area contributed by atoms with E-state index in [1.165, 1.54) is 0 Å². The molecule has 1 N–H and O–H groups in total. The van der Waals surface area contributed by atoms with Gasteiger partial charge >= 0.3 is 0 Å². The van der Waals surface area contributed by atoms with Crippen LogP contribution in [0, 0.1) is 6.92 Å². The summed E-state index contributed by atoms with van der Waals surface area (Å²) >= 11 is 3.31. The monoisotopic (exact) mass is 311 g/mol. The molecule has 0 amide bonds. The predicted octanol–water partition coefficient (Wildman–Crippen LogP) is 1.86. The van der Waals surface area contributed by atoms with Gasteiger partial charge in [0.05, 0.1) is 30.5 Å². The minimum Gasteiger partial charge on any atom is -0.480 e. The van der Waals surface area contributed by atoms with Crippen LogP contribution < -0.4 is 10.1 Å². The fourth-order valence-corrected chi connectivity index (χ4v) is 1.80. The van der Waals surface area contributed by atoms with Crippen molar-refractivity contribution in [2.45, 2.75) is 13.5 Å². The molecule has 0 saturated carbocycles. The van der Waals surface area contributed by atoms with E-state index >= 15 is 0 Å². The molecule has 0 aromatic carbocycles. The van der Waals surface area contributed by atoms with Crippen LogP contribution in [-0.4, -0.2) is 33.4 Å². The van der Waals surface area contributed by atoms with E-state index in [1.807, 2.05) is 24.0 Å². The molecule has 0 atom stereocenters. The fraction of sp³-hybridized carbons (Fsp3) is 0.364. The smallest absolute Gasteiger partial charge is 0.232 e. The molecule has 0 aliphatic carbocycles. The lowest BCUT2D eigenvalue weighted by atomic mass is 10.4. The molecule has 0 unspecified atom stereocenters. The first-order valence-corrected chi connectivity index (χ1v) is 6.28. The normalized spacial score (nSPS) is 10.4. The molecule has 96 valence electrons. The molecule has 18 heavy (non-hydrogen) atoms. The largest absolute Gasteiger partial charge is 0.480 e. The second kappa shape index (κ2) is 5.81. The van der Waals surface area contributed by atoms with Crippen LogP contribution in [0.2, 0.25) is 0 Å². The third-order valence-electron chi connectivity index (χ3n) is 2.29. The second-order valence-corrected chi connectivity index (χ2v) is 4.61. The Kier molecular flexibility index (Phi) is 4.14. The lowest BCUT2D eigenvalue weighted by molar-refractivity contribution is 0.394. The van der Waals surface area contributed by atoms with Gasteiger partial charge in [-0.2, -0.15) is 10.1 Å². The molecule has 0 aliphatic rings. The van der Waals surface area contributed by atoms with E-state index < -0.39 is 0 Å². The summed E-state index contributed by atoms with van der Waals surface area (Å²) in [6.45, 7) is 3.47. The Morgan fingerprint density at radius 2 is 2.28 bits per heavy atom. The molecule has 0 spiro atoms. The molecular formula is C11H14BrN5O. The van der Waals surface area contributed by atoms with Gasteiger partial charge in [-0.3, -0.25) is 4.68 Å². The summed E-state index contributed by atoms with van der Waals surface area (Å²) in [5.41, 5.74) is 1.15. The zero-order valence-corrected chi connectivity index (χ0v) is 11.8. The number of methoxy groups -OCH3 is 1. The maximum atomic E-state index is 5.10. The van der Waals surface area contributed by atoms with Gasteiger partial charge < -0.3 is 10.1 Å². The molecule has 2 aromatic rings. The number of anilines is 1. The van der Waals surface area contributed by atoms with Crippen molar-refractivity contribution < 1.29 is 4.74 Å². The number of nitrogens with one attached hydrogen (secondary N) is 1. The van der Waals surface area contributed by atoms with Crippen molar-refractivity contribution in [3.8, 4) is 5.88 Å². The third-order valence-corrected chi connectivity index (χ3v) is 2.84. The van der Waals surface area contributed by atoms with E-state index in [0.717, 1.165) is 16.6 Å². The van der Waals surface area contributed by atoms with Crippen molar-refractivity contribution in [3.63, 3.8) is 0 Å². The summed E-state index contributed by atoms with van der Waals surface area (Å²) in [4.78, 5) is 8.35. The summed E-state index contributed by atoms with van der Waals surface area (Å²) in [5, 5.41) is 7.32. The lowest BCUT2D eigenvalue weighted by Crippen LogP contribution is -2.12. The first-order valence-electron chi connectivity index (χ1n) is 5.48. The van der Waals surface area contributed by atoms with Gasteiger partial charge in [0.25, 0.3) is 0 Å². The van der Waals surface area contributed by atoms with Crippen LogP contribution in [0.5, 0.6) is 5.88 Å². The van der Waals surface area contributed by atoms with Crippen LogP contribution in [0.1, 0.15) is 5.56 Å². The molecule has 0 bridgehead atoms. The average molecular weight is 312 g/mol. The van der Waals surface area contributed by atoms with Gasteiger partial charge in [0.1, 0.15) is 0 Å². The number of nitrogens with zero attached hydrogens (tertiary/aromatic N) is 4. The minimum absolute atomic E-state index is 0.516. The highest BCUT2D eigenvalue weighted by molar-refractivity contribution is 9.10. The Morgan fingerprint density at radius 3 is 2.94 bits per heavy atom. The van der Waals surface area contributed by atoms with E-state index in [9.17, 15) is 0 Å². The SMILES string of the molecule is COc1nc(NCCn2cc(C)cn2)ncc1Br. The van der Waals surface area contributed by atoms with Gasteiger partial charge in [-0.05, 0) is 28.4 Å². The van der Waals surface area contributed by atoms with Crippen LogP contribution in [-0.2, 0) is 6.54 Å². The Morgan fingerprint density at radius 1 is 1.44 bits per heavy atom. The van der Waals surface area contributed by atoms with Gasteiger partial charge in [-0.1, -0.05) is 0 Å². The Balaban J connectivity index is 1.90. The Labute approximate surface area is 114 Å². The van der Waals surface area contributed by atoms with E-state index in [1.54, 1.807) is 13.3 Å². The van der Waals surface area contributed by atoms with Gasteiger partial charge in [-0.25, -0.2) is 4.98 Å². The van der Waals surface area contributed by atoms with Crippen molar-refractivity contribution in [2.75, 3.05) is 19.0 Å². The zero-order valence-electron chi connectivity index (χ0n) is 10.2. The molecule has 2 rings (SSSR count). The van der Waals surface area contributed by atoms with E-state index in [4.69, 9.17) is 4.74 Å². The Hall–Kier alpha value is -1.63. The van der Waals surface area contributed by atoms with E-state index in [-0.39, 0.29) is 0 Å². The molecule has 7 heteroatoms. The van der Waals surface area contributed by atoms with Crippen LogP contribution in [0.3, 0.4) is 0 Å². The van der Waals surface area contributed by atoms with Gasteiger partial charge in [0.2, 0.25) is 11.8 Å². The molecule has 2 aromatic heterocycles. The summed E-state index contributed by atoms with van der Waals surface area (Å²) in [5.74, 6) is 1.06. The highest BCUT2D eigenvalue weighted by atomic mass is 79.9. The number of aryl methyl sites for hydroxylation is 1. The Bertz CT molecular complexity index is 528. The predicted molar refractivity (Wildman–Crippen MR) is 71.7 cm³/mol. The molecule has 2 heterocycles. The molecule has 0 saturated heterocycles. The number of hydrogen-bond donors (Lipinski definition) is 1. The van der Waals surface area contributed by atoms with Crippen LogP contribution in [0.25, 0.3) is 0 Å². The zero-order chi connectivity index (χ0) is 13.0. The standard InChI is InChI=1S/C11H14BrN5O/c1-8-5-15-17(7-8)4-3-13-11-14-6-9(12)10(16-11)18-2/h5-7H,3-4H2,1-2H3,(H,13,14,16). The minimum atomic E-state index is 0.516. The van der Waals surface area contributed by atoms with Crippen molar-refractivity contribution in [1.82, 2.24) is 19.7 Å². The summed E-state index contributed by atoms with van der Waals surface area (Å²) < 4.78 is 7.71. The van der Waals surface area contributed by atoms with Gasteiger partial charge in [-0.15, -0.1) is 0 Å². The lowest BCUT2D eigenvalue weighted by Gasteiger charge is -2.07. The summed E-state index contributed by atoms with van der Waals surface area (Å²) in [6.07, 6.45) is 5.48. The van der Waals surface area contributed by atoms with Crippen molar-refractivity contribution in [3.05, 3.63) is 28.6 Å². The quantitative estimate of drug-likeness (QED) is 0.913. The van der Waals surface area contributed by atoms with E-state index in [2.05, 4.69) is 36.3 Å². The summed E-state index contributed by atoms with van der Waals surface area (Å²) in [7, 11) is 1.57. The average Bonchev–Trinajstić information content (AvgIpc) is 2.77. The van der Waals surface area contributed by atoms with Gasteiger partial charge in [0.15, 0.2) is 0 Å². The highest BCUT2D eigenvalue weighted by Crippen LogP contribution is 2.21. The molecule has 0 aliphatic heterocycles. The third kappa shape index (κ3) is 3.19. The summed E-state index contributed by atoms with van der Waals surface area (Å²) in [6, 6.07) is 0. The molecular weight excluding hydrogens is 298 g/mol. The second-order valence-electron chi connectivity index (χ2n) is 3.76. The number of halogens is 1. The van der Waals surface area contributed by atoms with Crippen molar-refractivity contribution in [1.29, 1.82) is 0 Å². The highest BCUT2D eigenvalue weighted by Gasteiger charge is 2.04. The van der Waals surface area contributed by atoms with Crippen LogP contribution in [0.15, 0.2) is 23.1 Å². The topological polar surface area (TPSA) is 64.9 Å². The van der Waals surface area contributed by atoms with Gasteiger partial charge in [0, 0.05) is 12.7 Å². The number of ether oxygens (including phenoxy) is 1. The first-order chi connectivity index (χ1) is 8.69. The number of hydrogen-bond acceptors (Lipinski definition) is 5.